The summed E-state index contributed by atoms with van der Waals surface area (Å²) < 4.78 is 23.2. The lowest BCUT2D eigenvalue weighted by Gasteiger charge is -2.30. The molecular weight excluding hydrogens is 262 g/mol. The highest BCUT2D eigenvalue weighted by atomic mass is 32.2. The van der Waals surface area contributed by atoms with Gasteiger partial charge in [-0.05, 0) is 38.5 Å². The van der Waals surface area contributed by atoms with Crippen LogP contribution >= 0.6 is 0 Å². The molecule has 0 aromatic heterocycles. The minimum atomic E-state index is -2.98. The van der Waals surface area contributed by atoms with Crippen molar-refractivity contribution in [3.05, 3.63) is 12.2 Å². The van der Waals surface area contributed by atoms with Gasteiger partial charge in [0.15, 0.2) is 0 Å². The Morgan fingerprint density at radius 2 is 2.00 bits per heavy atom. The second-order valence-electron chi connectivity index (χ2n) is 5.81. The third-order valence-corrected chi connectivity index (χ3v) is 5.86. The van der Waals surface area contributed by atoms with E-state index in [4.69, 9.17) is 0 Å². The van der Waals surface area contributed by atoms with Gasteiger partial charge in [-0.25, -0.2) is 8.42 Å². The Kier molecular flexibility index (Phi) is 4.66. The van der Waals surface area contributed by atoms with E-state index in [-0.39, 0.29) is 23.1 Å². The van der Waals surface area contributed by atoms with Crippen molar-refractivity contribution < 1.29 is 13.2 Å². The second kappa shape index (κ2) is 6.07. The summed E-state index contributed by atoms with van der Waals surface area (Å²) in [7, 11) is -2.98. The van der Waals surface area contributed by atoms with Crippen LogP contribution in [0.15, 0.2) is 12.2 Å². The van der Waals surface area contributed by atoms with Gasteiger partial charge in [-0.15, -0.1) is 0 Å². The molecule has 0 heterocycles. The molecular formula is C14H23NO3S. The third kappa shape index (κ3) is 4.06. The SMILES string of the molecule is CS(=O)(=O)[C@@H]1CCC[C@H](NC(=O)[C@H]2CC=CCC2)C1. The highest BCUT2D eigenvalue weighted by molar-refractivity contribution is 7.91. The molecule has 2 aliphatic carbocycles. The van der Waals surface area contributed by atoms with E-state index in [0.717, 1.165) is 38.5 Å². The van der Waals surface area contributed by atoms with Crippen molar-refractivity contribution in [3.63, 3.8) is 0 Å². The number of hydrogen-bond donors (Lipinski definition) is 1. The van der Waals surface area contributed by atoms with Crippen molar-refractivity contribution in [1.29, 1.82) is 0 Å². The first-order valence-electron chi connectivity index (χ1n) is 7.11. The molecule has 3 atom stereocenters. The smallest absolute Gasteiger partial charge is 0.223 e. The van der Waals surface area contributed by atoms with Crippen molar-refractivity contribution >= 4 is 15.7 Å². The first kappa shape index (κ1) is 14.6. The molecule has 2 rings (SSSR count). The molecule has 2 aliphatic rings. The molecule has 0 bridgehead atoms. The van der Waals surface area contributed by atoms with Gasteiger partial charge in [-0.1, -0.05) is 18.6 Å². The van der Waals surface area contributed by atoms with Crippen LogP contribution < -0.4 is 5.32 Å². The molecule has 4 nitrogen and oxygen atoms in total. The zero-order chi connectivity index (χ0) is 13.9. The van der Waals surface area contributed by atoms with Gasteiger partial charge in [-0.2, -0.15) is 0 Å². The molecule has 5 heteroatoms. The number of carbonyl (C=O) groups is 1. The average Bonchev–Trinajstić information content (AvgIpc) is 2.39. The summed E-state index contributed by atoms with van der Waals surface area (Å²) in [5.41, 5.74) is 0. The Hall–Kier alpha value is -0.840. The summed E-state index contributed by atoms with van der Waals surface area (Å²) >= 11 is 0. The molecule has 0 unspecified atom stereocenters. The minimum absolute atomic E-state index is 0.0341. The fourth-order valence-corrected chi connectivity index (χ4v) is 4.19. The number of sulfone groups is 1. The van der Waals surface area contributed by atoms with E-state index in [1.165, 1.54) is 6.26 Å². The fraction of sp³-hybridized carbons (Fsp3) is 0.786. The number of carbonyl (C=O) groups excluding carboxylic acids is 1. The number of amides is 1. The van der Waals surface area contributed by atoms with E-state index in [2.05, 4.69) is 17.5 Å². The number of nitrogens with one attached hydrogen (secondary N) is 1. The summed E-state index contributed by atoms with van der Waals surface area (Å²) in [5, 5.41) is 2.77. The van der Waals surface area contributed by atoms with Gasteiger partial charge in [0.1, 0.15) is 9.84 Å². The highest BCUT2D eigenvalue weighted by Crippen LogP contribution is 2.25. The Labute approximate surface area is 115 Å². The Morgan fingerprint density at radius 3 is 2.63 bits per heavy atom. The average molecular weight is 285 g/mol. The Bertz CT molecular complexity index is 455. The van der Waals surface area contributed by atoms with Gasteiger partial charge in [-0.3, -0.25) is 4.79 Å². The van der Waals surface area contributed by atoms with Crippen LogP contribution in [0.25, 0.3) is 0 Å². The quantitative estimate of drug-likeness (QED) is 0.804. The van der Waals surface area contributed by atoms with E-state index in [0.29, 0.717) is 6.42 Å². The molecule has 0 aromatic rings. The van der Waals surface area contributed by atoms with Gasteiger partial charge in [0.05, 0.1) is 5.25 Å². The summed E-state index contributed by atoms with van der Waals surface area (Å²) in [6, 6.07) is 0.0341. The lowest BCUT2D eigenvalue weighted by atomic mass is 9.91. The van der Waals surface area contributed by atoms with Crippen LogP contribution in [0.5, 0.6) is 0 Å². The molecule has 0 aromatic carbocycles. The topological polar surface area (TPSA) is 63.2 Å². The zero-order valence-electron chi connectivity index (χ0n) is 11.5. The van der Waals surface area contributed by atoms with Crippen LogP contribution in [-0.4, -0.2) is 31.9 Å². The van der Waals surface area contributed by atoms with Gasteiger partial charge in [0.2, 0.25) is 5.91 Å². The first-order valence-corrected chi connectivity index (χ1v) is 9.06. The highest BCUT2D eigenvalue weighted by Gasteiger charge is 2.30. The summed E-state index contributed by atoms with van der Waals surface area (Å²) in [6.07, 6.45) is 11.3. The van der Waals surface area contributed by atoms with Crippen molar-refractivity contribution in [2.45, 2.75) is 56.2 Å². The van der Waals surface area contributed by atoms with Crippen molar-refractivity contribution in [2.24, 2.45) is 5.92 Å². The van der Waals surface area contributed by atoms with Crippen LogP contribution in [0.2, 0.25) is 0 Å². The van der Waals surface area contributed by atoms with Crippen molar-refractivity contribution in [2.75, 3.05) is 6.26 Å². The lowest BCUT2D eigenvalue weighted by Crippen LogP contribution is -2.44. The largest absolute Gasteiger partial charge is 0.353 e. The normalized spacial score (nSPS) is 31.9. The lowest BCUT2D eigenvalue weighted by molar-refractivity contribution is -0.126. The number of allylic oxidation sites excluding steroid dienone is 2. The maximum atomic E-state index is 12.1. The van der Waals surface area contributed by atoms with E-state index in [9.17, 15) is 13.2 Å². The summed E-state index contributed by atoms with van der Waals surface area (Å²) in [5.74, 6) is 0.173. The van der Waals surface area contributed by atoms with Gasteiger partial charge in [0, 0.05) is 18.2 Å². The van der Waals surface area contributed by atoms with Crippen LogP contribution in [0.1, 0.15) is 44.9 Å². The molecule has 0 aliphatic heterocycles. The predicted molar refractivity (Wildman–Crippen MR) is 75.5 cm³/mol. The van der Waals surface area contributed by atoms with E-state index in [1.807, 2.05) is 0 Å². The molecule has 1 amide bonds. The van der Waals surface area contributed by atoms with Crippen LogP contribution in [0, 0.1) is 5.92 Å². The van der Waals surface area contributed by atoms with Crippen molar-refractivity contribution in [1.82, 2.24) is 5.32 Å². The van der Waals surface area contributed by atoms with E-state index >= 15 is 0 Å². The molecule has 0 spiro atoms. The molecule has 0 saturated heterocycles. The third-order valence-electron chi connectivity index (χ3n) is 4.22. The summed E-state index contributed by atoms with van der Waals surface area (Å²) in [6.45, 7) is 0. The summed E-state index contributed by atoms with van der Waals surface area (Å²) in [4.78, 5) is 12.1. The van der Waals surface area contributed by atoms with Crippen molar-refractivity contribution in [3.8, 4) is 0 Å². The molecule has 1 fully saturated rings. The monoisotopic (exact) mass is 285 g/mol. The van der Waals surface area contributed by atoms with Gasteiger partial charge >= 0.3 is 0 Å². The maximum absolute atomic E-state index is 12.1. The molecule has 108 valence electrons. The van der Waals surface area contributed by atoms with Gasteiger partial charge < -0.3 is 5.32 Å². The van der Waals surface area contributed by atoms with Gasteiger partial charge in [0.25, 0.3) is 0 Å². The standard InChI is InChI=1S/C14H23NO3S/c1-19(17,18)13-9-5-8-12(10-13)15-14(16)11-6-3-2-4-7-11/h2-3,11-13H,4-10H2,1H3,(H,15,16)/t11-,12-,13+/m0/s1. The molecule has 19 heavy (non-hydrogen) atoms. The Balaban J connectivity index is 1.88. The van der Waals surface area contributed by atoms with Crippen LogP contribution in [-0.2, 0) is 14.6 Å². The van der Waals surface area contributed by atoms with Crippen LogP contribution in [0.4, 0.5) is 0 Å². The minimum Gasteiger partial charge on any atom is -0.353 e. The Morgan fingerprint density at radius 1 is 1.21 bits per heavy atom. The molecule has 1 N–H and O–H groups in total. The number of hydrogen-bond acceptors (Lipinski definition) is 3. The first-order chi connectivity index (χ1) is 8.97. The second-order valence-corrected chi connectivity index (χ2v) is 8.13. The maximum Gasteiger partial charge on any atom is 0.223 e. The predicted octanol–water partition coefficient (Wildman–Crippen LogP) is 1.81. The van der Waals surface area contributed by atoms with E-state index in [1.54, 1.807) is 0 Å². The fourth-order valence-electron chi connectivity index (χ4n) is 3.02. The molecule has 1 saturated carbocycles. The number of rotatable bonds is 3. The molecule has 0 radical (unpaired) electrons. The zero-order valence-corrected chi connectivity index (χ0v) is 12.3. The van der Waals surface area contributed by atoms with E-state index < -0.39 is 9.84 Å². The van der Waals surface area contributed by atoms with Crippen LogP contribution in [0.3, 0.4) is 0 Å².